The van der Waals surface area contributed by atoms with Crippen molar-refractivity contribution in [3.8, 4) is 0 Å². The average molecular weight is 364 g/mol. The zero-order chi connectivity index (χ0) is 18.4. The van der Waals surface area contributed by atoms with Gasteiger partial charge in [-0.25, -0.2) is 0 Å². The molecule has 1 fully saturated rings. The van der Waals surface area contributed by atoms with Gasteiger partial charge < -0.3 is 23.7 Å². The van der Waals surface area contributed by atoms with Gasteiger partial charge in [-0.1, -0.05) is 0 Å². The summed E-state index contributed by atoms with van der Waals surface area (Å²) in [5.74, 6) is -2.57. The molecule has 136 valence electrons. The van der Waals surface area contributed by atoms with Gasteiger partial charge in [0, 0.05) is 27.7 Å². The highest BCUT2D eigenvalue weighted by Gasteiger charge is 2.51. The van der Waals surface area contributed by atoms with Crippen molar-refractivity contribution in [2.45, 2.75) is 57.5 Å². The van der Waals surface area contributed by atoms with E-state index in [2.05, 4.69) is 12.6 Å². The van der Waals surface area contributed by atoms with Gasteiger partial charge in [0.25, 0.3) is 0 Å². The minimum Gasteiger partial charge on any atom is -0.463 e. The maximum absolute atomic E-state index is 11.4. The highest BCUT2D eigenvalue weighted by Crippen LogP contribution is 2.30. The molecule has 1 aliphatic rings. The first-order chi connectivity index (χ1) is 11.1. The van der Waals surface area contributed by atoms with E-state index < -0.39 is 53.7 Å². The lowest BCUT2D eigenvalue weighted by Gasteiger charge is -2.42. The molecule has 0 radical (unpaired) electrons. The molecule has 0 saturated carbocycles. The molecule has 9 nitrogen and oxygen atoms in total. The smallest absolute Gasteiger partial charge is 0.303 e. The van der Waals surface area contributed by atoms with E-state index in [1.54, 1.807) is 0 Å². The molecule has 0 bridgehead atoms. The molecule has 1 saturated heterocycles. The van der Waals surface area contributed by atoms with Gasteiger partial charge in [-0.15, -0.1) is 12.6 Å². The van der Waals surface area contributed by atoms with Gasteiger partial charge in [0.15, 0.2) is 18.3 Å². The lowest BCUT2D eigenvalue weighted by molar-refractivity contribution is -0.237. The van der Waals surface area contributed by atoms with Crippen LogP contribution in [0.3, 0.4) is 0 Å². The van der Waals surface area contributed by atoms with Gasteiger partial charge >= 0.3 is 23.9 Å². The summed E-state index contributed by atoms with van der Waals surface area (Å²) in [5.41, 5.74) is -0.981. The summed E-state index contributed by atoms with van der Waals surface area (Å²) >= 11 is 4.18. The zero-order valence-corrected chi connectivity index (χ0v) is 14.6. The Hall–Kier alpha value is -1.81. The lowest BCUT2D eigenvalue weighted by atomic mass is 9.99. The van der Waals surface area contributed by atoms with Crippen LogP contribution in [0.1, 0.15) is 27.7 Å². The summed E-state index contributed by atoms with van der Waals surface area (Å²) in [6.07, 6.45) is -4.35. The van der Waals surface area contributed by atoms with E-state index in [9.17, 15) is 19.2 Å². The van der Waals surface area contributed by atoms with E-state index in [0.29, 0.717) is 0 Å². The van der Waals surface area contributed by atoms with Crippen LogP contribution in [-0.2, 0) is 42.9 Å². The van der Waals surface area contributed by atoms with Crippen LogP contribution in [0.2, 0.25) is 0 Å². The maximum Gasteiger partial charge on any atom is 0.303 e. The van der Waals surface area contributed by atoms with Crippen LogP contribution in [0.4, 0.5) is 0 Å². The summed E-state index contributed by atoms with van der Waals surface area (Å²) in [6.45, 7) is 4.42. The van der Waals surface area contributed by atoms with Crippen molar-refractivity contribution in [3.63, 3.8) is 0 Å². The van der Waals surface area contributed by atoms with Crippen molar-refractivity contribution < 1.29 is 42.9 Å². The molecule has 0 spiro atoms. The van der Waals surface area contributed by atoms with Gasteiger partial charge in [-0.05, 0) is 0 Å². The van der Waals surface area contributed by atoms with Crippen molar-refractivity contribution in [2.24, 2.45) is 0 Å². The average Bonchev–Trinajstić information content (AvgIpc) is 2.42. The van der Waals surface area contributed by atoms with Gasteiger partial charge in [-0.3, -0.25) is 19.2 Å². The number of hydrogen-bond acceptors (Lipinski definition) is 10. The molecule has 10 heteroatoms. The second kappa shape index (κ2) is 8.88. The van der Waals surface area contributed by atoms with Gasteiger partial charge in [0.2, 0.25) is 0 Å². The van der Waals surface area contributed by atoms with Gasteiger partial charge in [0.1, 0.15) is 18.1 Å². The minimum atomic E-state index is -1.16. The standard InChI is InChI=1S/C14H20O9S/c1-6(15)19-5-10-11(20-7(2)16)12(21-8(3)17)13(14(24)23-10)22-9(4)18/h10-14,24H,5H2,1-4H3/t10?,11-,12-,13?,14-/m1/s1. The molecule has 24 heavy (non-hydrogen) atoms. The van der Waals surface area contributed by atoms with Crippen LogP contribution >= 0.6 is 12.6 Å². The molecule has 2 unspecified atom stereocenters. The fourth-order valence-corrected chi connectivity index (χ4v) is 2.59. The van der Waals surface area contributed by atoms with E-state index in [4.69, 9.17) is 23.7 Å². The Labute approximate surface area is 144 Å². The quantitative estimate of drug-likeness (QED) is 0.409. The molecule has 0 amide bonds. The van der Waals surface area contributed by atoms with Crippen molar-refractivity contribution in [2.75, 3.05) is 6.61 Å². The van der Waals surface area contributed by atoms with Crippen molar-refractivity contribution in [3.05, 3.63) is 0 Å². The monoisotopic (exact) mass is 364 g/mol. The Morgan fingerprint density at radius 3 is 1.71 bits per heavy atom. The third-order valence-corrected chi connectivity index (χ3v) is 3.38. The van der Waals surface area contributed by atoms with Gasteiger partial charge in [0.05, 0.1) is 0 Å². The number of thiol groups is 1. The Kier molecular flexibility index (Phi) is 7.49. The third kappa shape index (κ3) is 6.00. The van der Waals surface area contributed by atoms with Gasteiger partial charge in [-0.2, -0.15) is 0 Å². The fourth-order valence-electron chi connectivity index (χ4n) is 2.21. The molecule has 1 heterocycles. The molecule has 0 aliphatic carbocycles. The molecule has 1 aliphatic heterocycles. The zero-order valence-electron chi connectivity index (χ0n) is 13.7. The van der Waals surface area contributed by atoms with Crippen molar-refractivity contribution >= 4 is 36.5 Å². The first kappa shape index (κ1) is 20.2. The number of esters is 4. The predicted molar refractivity (Wildman–Crippen MR) is 80.9 cm³/mol. The second-order valence-corrected chi connectivity index (χ2v) is 5.60. The van der Waals surface area contributed by atoms with Crippen LogP contribution in [0, 0.1) is 0 Å². The Balaban J connectivity index is 3.11. The van der Waals surface area contributed by atoms with Crippen LogP contribution < -0.4 is 0 Å². The molecular formula is C14H20O9S. The van der Waals surface area contributed by atoms with E-state index >= 15 is 0 Å². The van der Waals surface area contributed by atoms with E-state index in [0.717, 1.165) is 20.8 Å². The predicted octanol–water partition coefficient (Wildman–Crippen LogP) is -0.000700. The van der Waals surface area contributed by atoms with E-state index in [-0.39, 0.29) is 6.61 Å². The Morgan fingerprint density at radius 1 is 0.792 bits per heavy atom. The number of hydrogen-bond donors (Lipinski definition) is 1. The highest BCUT2D eigenvalue weighted by atomic mass is 32.1. The minimum absolute atomic E-state index is 0.255. The Bertz CT molecular complexity index is 506. The number of carbonyl (C=O) groups excluding carboxylic acids is 4. The largest absolute Gasteiger partial charge is 0.463 e. The summed E-state index contributed by atoms with van der Waals surface area (Å²) in [6, 6.07) is 0. The molecule has 0 aromatic carbocycles. The van der Waals surface area contributed by atoms with Crippen LogP contribution in [-0.4, -0.2) is 60.3 Å². The van der Waals surface area contributed by atoms with Crippen molar-refractivity contribution in [1.29, 1.82) is 0 Å². The number of ether oxygens (including phenoxy) is 5. The normalized spacial score (nSPS) is 29.3. The fraction of sp³-hybridized carbons (Fsp3) is 0.714. The number of rotatable bonds is 5. The maximum atomic E-state index is 11.4. The topological polar surface area (TPSA) is 114 Å². The van der Waals surface area contributed by atoms with Crippen LogP contribution in [0.15, 0.2) is 0 Å². The lowest BCUT2D eigenvalue weighted by Crippen LogP contribution is -2.61. The molecule has 5 atom stereocenters. The summed E-state index contributed by atoms with van der Waals surface area (Å²) in [4.78, 5) is 45.1. The summed E-state index contributed by atoms with van der Waals surface area (Å²) in [7, 11) is 0. The third-order valence-electron chi connectivity index (χ3n) is 2.97. The highest BCUT2D eigenvalue weighted by molar-refractivity contribution is 7.80. The SMILES string of the molecule is CC(=O)OCC1O[C@H](S)C(OC(C)=O)[C@H](OC(C)=O)[C@@H]1OC(C)=O. The summed E-state index contributed by atoms with van der Waals surface area (Å²) in [5, 5.41) is 0. The molecule has 0 aromatic rings. The van der Waals surface area contributed by atoms with Crippen LogP contribution in [0.25, 0.3) is 0 Å². The number of carbonyl (C=O) groups is 4. The Morgan fingerprint density at radius 2 is 1.25 bits per heavy atom. The van der Waals surface area contributed by atoms with Crippen molar-refractivity contribution in [1.82, 2.24) is 0 Å². The molecule has 1 rings (SSSR count). The first-order valence-corrected chi connectivity index (χ1v) is 7.62. The molecular weight excluding hydrogens is 344 g/mol. The van der Waals surface area contributed by atoms with Crippen LogP contribution in [0.5, 0.6) is 0 Å². The molecule has 0 N–H and O–H groups in total. The first-order valence-electron chi connectivity index (χ1n) is 7.10. The summed E-state index contributed by atoms with van der Waals surface area (Å²) < 4.78 is 25.8. The van der Waals surface area contributed by atoms with E-state index in [1.165, 1.54) is 6.92 Å². The molecule has 0 aromatic heterocycles. The second-order valence-electron chi connectivity index (χ2n) is 5.09. The van der Waals surface area contributed by atoms with E-state index in [1.807, 2.05) is 0 Å².